The van der Waals surface area contributed by atoms with E-state index < -0.39 is 89.7 Å². The predicted octanol–water partition coefficient (Wildman–Crippen LogP) is 0.0686. The van der Waals surface area contributed by atoms with Crippen molar-refractivity contribution in [3.8, 4) is 0 Å². The highest BCUT2D eigenvalue weighted by Gasteiger charge is 2.38. The monoisotopic (exact) mass is 938 g/mol. The van der Waals surface area contributed by atoms with Crippen molar-refractivity contribution in [2.45, 2.75) is 123 Å². The van der Waals surface area contributed by atoms with Crippen LogP contribution in [0.25, 0.3) is 0 Å². The van der Waals surface area contributed by atoms with Gasteiger partial charge in [0, 0.05) is 19.4 Å². The van der Waals surface area contributed by atoms with Crippen LogP contribution in [0, 0.1) is 23.7 Å². The summed E-state index contributed by atoms with van der Waals surface area (Å²) < 4.78 is 0. The zero-order valence-corrected chi connectivity index (χ0v) is 39.7. The summed E-state index contributed by atoms with van der Waals surface area (Å²) in [4.78, 5) is 114. The van der Waals surface area contributed by atoms with Crippen molar-refractivity contribution in [3.63, 3.8) is 0 Å². The number of nitrogens with one attached hydrogen (secondary N) is 6. The molecule has 0 radical (unpaired) electrons. The third-order valence-corrected chi connectivity index (χ3v) is 11.0. The van der Waals surface area contributed by atoms with E-state index in [0.717, 1.165) is 11.1 Å². The van der Waals surface area contributed by atoms with Crippen LogP contribution in [0.3, 0.4) is 0 Å². The van der Waals surface area contributed by atoms with Gasteiger partial charge in [0.05, 0.1) is 13.1 Å². The fraction of sp³-hybridized carbons (Fsp3) is 0.553. The molecular formula is C47H71N9O11. The van der Waals surface area contributed by atoms with E-state index in [1.165, 1.54) is 4.90 Å². The summed E-state index contributed by atoms with van der Waals surface area (Å²) in [6.45, 7) is 13.7. The number of amides is 7. The second kappa shape index (κ2) is 27.9. The summed E-state index contributed by atoms with van der Waals surface area (Å²) in [5, 5.41) is 34.6. The maximum Gasteiger partial charge on any atom is 0.326 e. The molecule has 1 fully saturated rings. The molecule has 7 amide bonds. The van der Waals surface area contributed by atoms with Crippen molar-refractivity contribution in [3.05, 3.63) is 71.8 Å². The first-order chi connectivity index (χ1) is 31.5. The summed E-state index contributed by atoms with van der Waals surface area (Å²) in [5.74, 6) is -7.26. The third-order valence-electron chi connectivity index (χ3n) is 11.0. The predicted molar refractivity (Wildman–Crippen MR) is 249 cm³/mol. The van der Waals surface area contributed by atoms with Gasteiger partial charge in [0.2, 0.25) is 41.4 Å². The van der Waals surface area contributed by atoms with Crippen LogP contribution in [0.2, 0.25) is 0 Å². The highest BCUT2D eigenvalue weighted by molar-refractivity contribution is 5.96. The number of carboxylic acid groups (broad SMARTS) is 2. The summed E-state index contributed by atoms with van der Waals surface area (Å²) in [6.07, 6.45) is 1.42. The number of hydrogen-bond acceptors (Lipinski definition) is 11. The molecule has 3 rings (SSSR count). The van der Waals surface area contributed by atoms with Gasteiger partial charge in [0.15, 0.2) is 0 Å². The van der Waals surface area contributed by atoms with Crippen molar-refractivity contribution in [2.75, 3.05) is 19.6 Å². The lowest BCUT2D eigenvalue weighted by molar-refractivity contribution is -0.144. The largest absolute Gasteiger partial charge is 0.480 e. The first kappa shape index (κ1) is 56.7. The third kappa shape index (κ3) is 18.4. The summed E-state index contributed by atoms with van der Waals surface area (Å²) in [5.41, 5.74) is 12.4. The topological polar surface area (TPSA) is 322 Å². The van der Waals surface area contributed by atoms with Gasteiger partial charge < -0.3 is 58.5 Å². The van der Waals surface area contributed by atoms with Crippen LogP contribution in [-0.2, 0) is 56.0 Å². The lowest BCUT2D eigenvalue weighted by Gasteiger charge is -2.29. The number of likely N-dealkylation sites (tertiary alicyclic amines) is 1. The van der Waals surface area contributed by atoms with Gasteiger partial charge in [-0.1, -0.05) is 116 Å². The van der Waals surface area contributed by atoms with E-state index in [4.69, 9.17) is 11.5 Å². The Morgan fingerprint density at radius 1 is 0.537 bits per heavy atom. The minimum atomic E-state index is -1.17. The molecule has 0 spiro atoms. The van der Waals surface area contributed by atoms with Gasteiger partial charge in [0.1, 0.15) is 42.3 Å². The van der Waals surface area contributed by atoms with Crippen LogP contribution in [0.1, 0.15) is 79.4 Å². The van der Waals surface area contributed by atoms with Gasteiger partial charge in [0.25, 0.3) is 0 Å². The van der Waals surface area contributed by atoms with Crippen molar-refractivity contribution in [1.82, 2.24) is 36.8 Å². The maximum absolute atomic E-state index is 13.3. The van der Waals surface area contributed by atoms with E-state index >= 15 is 0 Å². The number of rotatable bonds is 23. The highest BCUT2D eigenvalue weighted by atomic mass is 16.4. The summed E-state index contributed by atoms with van der Waals surface area (Å²) in [6, 6.07) is 11.2. The van der Waals surface area contributed by atoms with Crippen LogP contribution >= 0.6 is 0 Å². The molecule has 1 heterocycles. The van der Waals surface area contributed by atoms with E-state index in [-0.39, 0.29) is 55.5 Å². The normalized spacial score (nSPS) is 16.0. The van der Waals surface area contributed by atoms with Crippen molar-refractivity contribution >= 4 is 53.3 Å². The Hall–Kier alpha value is -6.41. The number of carboxylic acids is 2. The standard InChI is InChI=1S/C26H39N5O6.C21H32N4O5/c1-15(2)21(29-24(34)19-11-8-12-31(19)20(32)14-27)25(35)28-18(13-17-9-6-5-7-10-17)23(33)30-22(16(3)4)26(36)37;1-12(2)17(24-16(26)11-22)20(28)23-15(10-14-8-6-5-7-9-14)19(27)25-18(13(3)4)21(29)30/h5-7,9-10,15-16,18-19,21-22H,8,11-14,27H2,1-4H3,(H,28,35)(H,29,34)(H,30,33)(H,36,37);5-9,12-13,15,17-18H,10-11,22H2,1-4H3,(H,23,28)(H,24,26)(H,25,27)(H,29,30)/t18-,19-,21-,22-;15-,17-,18-/m00/s1. The average molecular weight is 938 g/mol. The van der Waals surface area contributed by atoms with Gasteiger partial charge in [-0.05, 0) is 47.6 Å². The molecule has 1 aliphatic heterocycles. The number of benzene rings is 2. The minimum absolute atomic E-state index is 0.128. The second-order valence-corrected chi connectivity index (χ2v) is 17.8. The quantitative estimate of drug-likeness (QED) is 0.0707. The zero-order valence-electron chi connectivity index (χ0n) is 39.7. The number of aliphatic carboxylic acids is 2. The van der Waals surface area contributed by atoms with Crippen LogP contribution in [0.15, 0.2) is 60.7 Å². The van der Waals surface area contributed by atoms with Gasteiger partial charge in [-0.15, -0.1) is 0 Å². The number of nitrogens with zero attached hydrogens (tertiary/aromatic N) is 1. The molecule has 20 nitrogen and oxygen atoms in total. The summed E-state index contributed by atoms with van der Waals surface area (Å²) in [7, 11) is 0. The Bertz CT molecular complexity index is 1980. The zero-order chi connectivity index (χ0) is 50.5. The molecule has 12 N–H and O–H groups in total. The fourth-order valence-electron chi connectivity index (χ4n) is 7.18. The molecule has 0 bridgehead atoms. The van der Waals surface area contributed by atoms with E-state index in [0.29, 0.717) is 19.4 Å². The molecule has 20 heteroatoms. The molecule has 1 saturated heterocycles. The van der Waals surface area contributed by atoms with Gasteiger partial charge in [-0.25, -0.2) is 9.59 Å². The van der Waals surface area contributed by atoms with Crippen LogP contribution in [0.4, 0.5) is 0 Å². The fourth-order valence-corrected chi connectivity index (χ4v) is 7.18. The van der Waals surface area contributed by atoms with Gasteiger partial charge >= 0.3 is 11.9 Å². The Labute approximate surface area is 392 Å². The van der Waals surface area contributed by atoms with Crippen molar-refractivity contribution < 1.29 is 53.4 Å². The molecule has 1 aliphatic rings. The molecule has 7 atom stereocenters. The van der Waals surface area contributed by atoms with Gasteiger partial charge in [-0.2, -0.15) is 0 Å². The van der Waals surface area contributed by atoms with E-state index in [2.05, 4.69) is 31.9 Å². The van der Waals surface area contributed by atoms with Crippen LogP contribution in [0.5, 0.6) is 0 Å². The molecule has 0 saturated carbocycles. The molecular weight excluding hydrogens is 867 g/mol. The SMILES string of the molecule is CC(C)[C@H](NC(=O)[C@H](Cc1ccccc1)NC(=O)[C@@H](NC(=O)CN)C(C)C)C(=O)O.CC(C)[C@H](NC(=O)[C@H](Cc1ccccc1)NC(=O)[C@@H](NC(=O)[C@@H]1CCCN1C(=O)CN)C(C)C)C(=O)O. The molecule has 2 aromatic carbocycles. The van der Waals surface area contributed by atoms with E-state index in [1.807, 2.05) is 12.1 Å². The Morgan fingerprint density at radius 3 is 1.27 bits per heavy atom. The Balaban J connectivity index is 0.000000471. The number of hydrogen-bond donors (Lipinski definition) is 10. The second-order valence-electron chi connectivity index (χ2n) is 17.8. The minimum Gasteiger partial charge on any atom is -0.480 e. The number of nitrogens with two attached hydrogens (primary N) is 2. The smallest absolute Gasteiger partial charge is 0.326 e. The average Bonchev–Trinajstić information content (AvgIpc) is 3.78. The van der Waals surface area contributed by atoms with Gasteiger partial charge in [-0.3, -0.25) is 33.6 Å². The molecule has 0 aliphatic carbocycles. The lowest BCUT2D eigenvalue weighted by Crippen LogP contribution is -2.59. The lowest BCUT2D eigenvalue weighted by atomic mass is 9.99. The van der Waals surface area contributed by atoms with Crippen LogP contribution < -0.4 is 43.4 Å². The number of carbonyl (C=O) groups is 9. The maximum atomic E-state index is 13.3. The summed E-state index contributed by atoms with van der Waals surface area (Å²) >= 11 is 0. The molecule has 67 heavy (non-hydrogen) atoms. The Morgan fingerprint density at radius 2 is 0.925 bits per heavy atom. The first-order valence-electron chi connectivity index (χ1n) is 22.6. The number of carbonyl (C=O) groups excluding carboxylic acids is 7. The van der Waals surface area contributed by atoms with Crippen LogP contribution in [-0.4, -0.2) is 130 Å². The molecule has 0 unspecified atom stereocenters. The van der Waals surface area contributed by atoms with E-state index in [1.54, 1.807) is 104 Å². The molecule has 370 valence electrons. The van der Waals surface area contributed by atoms with Crippen molar-refractivity contribution in [2.24, 2.45) is 35.1 Å². The molecule has 0 aromatic heterocycles. The highest BCUT2D eigenvalue weighted by Crippen LogP contribution is 2.18. The Kier molecular flexibility index (Phi) is 23.6. The van der Waals surface area contributed by atoms with E-state index in [9.17, 15) is 53.4 Å². The first-order valence-corrected chi connectivity index (χ1v) is 22.6. The van der Waals surface area contributed by atoms with Crippen molar-refractivity contribution in [1.29, 1.82) is 0 Å². The molecule has 2 aromatic rings.